The summed E-state index contributed by atoms with van der Waals surface area (Å²) in [5.74, 6) is 0. The molecule has 0 aromatic rings. The summed E-state index contributed by atoms with van der Waals surface area (Å²) < 4.78 is 0. The molecule has 0 aliphatic heterocycles. The zero-order valence-electron chi connectivity index (χ0n) is 2.92. The Hall–Kier alpha value is 0.770. The fraction of sp³-hybridized carbons (Fsp3) is 0. The van der Waals surface area contributed by atoms with Crippen LogP contribution in [0.3, 0.4) is 0 Å². The number of hydrogen-bond donors (Lipinski definition) is 2. The first-order chi connectivity index (χ1) is 1.73. The van der Waals surface area contributed by atoms with Crippen molar-refractivity contribution < 1.29 is 10.3 Å². The third kappa shape index (κ3) is 260. The first-order valence-corrected chi connectivity index (χ1v) is 0.565. The summed E-state index contributed by atoms with van der Waals surface area (Å²) in [6, 6.07) is 0. The van der Waals surface area contributed by atoms with Crippen molar-refractivity contribution in [1.29, 1.82) is 0 Å². The van der Waals surface area contributed by atoms with E-state index in [-0.39, 0.29) is 57.4 Å². The van der Waals surface area contributed by atoms with Gasteiger partial charge in [-0.1, -0.05) is 0 Å². The number of nitrogens with zero attached hydrogens (tertiary/aromatic N) is 1. The second-order valence-corrected chi connectivity index (χ2v) is 0.238. The van der Waals surface area contributed by atoms with Gasteiger partial charge in [0, 0.05) is 0 Å². The Kier molecular flexibility index (Phi) is 56.8. The van der Waals surface area contributed by atoms with Crippen LogP contribution in [0.15, 0.2) is 0 Å². The van der Waals surface area contributed by atoms with E-state index in [9.17, 15) is 0 Å². The molecule has 0 aliphatic rings. The summed E-state index contributed by atoms with van der Waals surface area (Å²) in [6.07, 6.45) is 0. The van der Waals surface area contributed by atoms with Gasteiger partial charge in [0.2, 0.25) is 0 Å². The second-order valence-electron chi connectivity index (χ2n) is 0.238. The Labute approximate surface area is 77.2 Å². The normalized spacial score (nSPS) is 3.43. The first-order valence-electron chi connectivity index (χ1n) is 0.565. The van der Waals surface area contributed by atoms with E-state index in [0.29, 0.717) is 0 Å². The van der Waals surface area contributed by atoms with Crippen molar-refractivity contribution in [3.8, 4) is 0 Å². The average molecular weight is 156 g/mol. The molecule has 44 valence electrons. The molecule has 0 fully saturated rings. The molecule has 7 heteroatoms. The van der Waals surface area contributed by atoms with E-state index < -0.39 is 5.09 Å². The molecule has 0 saturated carbocycles. The Morgan fingerprint density at radius 1 is 1.57 bits per heavy atom. The Balaban J connectivity index is -0.0000000150. The minimum absolute atomic E-state index is 0. The van der Waals surface area contributed by atoms with Crippen LogP contribution in [0.4, 0.5) is 0 Å². The maximum absolute atomic E-state index is 8.36. The van der Waals surface area contributed by atoms with Gasteiger partial charge in [0.1, 0.15) is 0 Å². The molecule has 0 heterocycles. The molecular formula is H8CaN2O3S. The van der Waals surface area contributed by atoms with Crippen LogP contribution in [0.25, 0.3) is 0 Å². The fourth-order valence-corrected chi connectivity index (χ4v) is 0. The second kappa shape index (κ2) is 15.9. The molecule has 0 aromatic heterocycles. The van der Waals surface area contributed by atoms with Crippen LogP contribution in [0.2, 0.25) is 0 Å². The van der Waals surface area contributed by atoms with E-state index in [1.165, 1.54) is 0 Å². The van der Waals surface area contributed by atoms with E-state index in [1.54, 1.807) is 0 Å². The molecule has 0 aromatic carbocycles. The summed E-state index contributed by atoms with van der Waals surface area (Å²) in [6.45, 7) is 0. The molecule has 7 heavy (non-hydrogen) atoms. The van der Waals surface area contributed by atoms with Crippen molar-refractivity contribution in [2.75, 3.05) is 0 Å². The molecule has 0 aliphatic carbocycles. The maximum atomic E-state index is 8.36. The Bertz CT molecular complexity index is 35.9. The van der Waals surface area contributed by atoms with Gasteiger partial charge >= 0.3 is 37.7 Å². The van der Waals surface area contributed by atoms with Gasteiger partial charge in [-0.2, -0.15) is 13.5 Å². The molecular weight excluding hydrogens is 148 g/mol. The molecule has 0 saturated heterocycles. The quantitative estimate of drug-likeness (QED) is 0.267. The van der Waals surface area contributed by atoms with Crippen molar-refractivity contribution in [1.82, 2.24) is 6.15 Å². The summed E-state index contributed by atoms with van der Waals surface area (Å²) >= 11 is 0. The van der Waals surface area contributed by atoms with Crippen LogP contribution in [-0.4, -0.2) is 48.0 Å². The summed E-state index contributed by atoms with van der Waals surface area (Å²) in [7, 11) is 0. The fourth-order valence-electron chi connectivity index (χ4n) is 0. The molecule has 0 spiro atoms. The molecule has 0 unspecified atom stereocenters. The zero-order chi connectivity index (χ0) is 3.58. The molecule has 0 atom stereocenters. The van der Waals surface area contributed by atoms with E-state index in [1.807, 2.05) is 0 Å². The van der Waals surface area contributed by atoms with Crippen molar-refractivity contribution in [2.24, 2.45) is 0 Å². The van der Waals surface area contributed by atoms with Gasteiger partial charge < -0.3 is 11.4 Å². The van der Waals surface area contributed by atoms with Gasteiger partial charge in [-0.05, 0) is 0 Å². The van der Waals surface area contributed by atoms with Gasteiger partial charge in [0.15, 0.2) is 0 Å². The summed E-state index contributed by atoms with van der Waals surface area (Å²) in [4.78, 5) is 8.36. The predicted molar refractivity (Wildman–Crippen MR) is 32.7 cm³/mol. The van der Waals surface area contributed by atoms with Gasteiger partial charge in [0.25, 0.3) is 5.09 Å². The topological polar surface area (TPSA) is 98.4 Å². The molecule has 0 bridgehead atoms. The molecule has 4 N–H and O–H groups in total. The van der Waals surface area contributed by atoms with Gasteiger partial charge in [-0.25, -0.2) is 0 Å². The Morgan fingerprint density at radius 2 is 1.57 bits per heavy atom. The number of hydrogen-bond acceptors (Lipinski definition) is 3. The van der Waals surface area contributed by atoms with Crippen LogP contribution < -0.4 is 6.15 Å². The van der Waals surface area contributed by atoms with E-state index in [4.69, 9.17) is 15.3 Å². The van der Waals surface area contributed by atoms with E-state index in [0.717, 1.165) is 0 Å². The summed E-state index contributed by atoms with van der Waals surface area (Å²) in [5.41, 5.74) is 0. The van der Waals surface area contributed by atoms with E-state index >= 15 is 0 Å². The Morgan fingerprint density at radius 3 is 1.57 bits per heavy atom. The SMILES string of the molecule is N.O=[N+]([O-])O.S.[CaH2]. The van der Waals surface area contributed by atoms with Crippen molar-refractivity contribution >= 4 is 51.2 Å². The van der Waals surface area contributed by atoms with Crippen LogP contribution in [0.5, 0.6) is 0 Å². The molecule has 0 rings (SSSR count). The monoisotopic (exact) mass is 156 g/mol. The minimum atomic E-state index is -1.50. The van der Waals surface area contributed by atoms with Gasteiger partial charge in [0.05, 0.1) is 0 Å². The van der Waals surface area contributed by atoms with E-state index in [2.05, 4.69) is 0 Å². The van der Waals surface area contributed by atoms with Crippen molar-refractivity contribution in [2.45, 2.75) is 0 Å². The van der Waals surface area contributed by atoms with Gasteiger partial charge in [-0.15, -0.1) is 10.1 Å². The summed E-state index contributed by atoms with van der Waals surface area (Å²) in [5, 5.41) is 13.6. The van der Waals surface area contributed by atoms with Crippen LogP contribution >= 0.6 is 13.5 Å². The first kappa shape index (κ1) is 25.1. The zero-order valence-corrected chi connectivity index (χ0v) is 3.92. The average Bonchev–Trinajstić information content (AvgIpc) is 0.811. The van der Waals surface area contributed by atoms with Crippen LogP contribution in [0, 0.1) is 10.1 Å². The van der Waals surface area contributed by atoms with Crippen LogP contribution in [-0.2, 0) is 0 Å². The van der Waals surface area contributed by atoms with Crippen molar-refractivity contribution in [3.05, 3.63) is 10.1 Å². The van der Waals surface area contributed by atoms with Gasteiger partial charge in [-0.3, -0.25) is 0 Å². The molecule has 5 nitrogen and oxygen atoms in total. The third-order valence-corrected chi connectivity index (χ3v) is 0. The standard InChI is InChI=1S/Ca.HNO3.H3N.H2S.2H/c;2-1(3)4;;;;/h;(H,2,3,4);1H3;1H2;;. The number of rotatable bonds is 0. The predicted octanol–water partition coefficient (Wildman–Crippen LogP) is -0.989. The molecule has 0 amide bonds. The van der Waals surface area contributed by atoms with Crippen LogP contribution in [0.1, 0.15) is 0 Å². The van der Waals surface area contributed by atoms with Crippen molar-refractivity contribution in [3.63, 3.8) is 0 Å². The third-order valence-electron chi connectivity index (χ3n) is 0. The molecule has 0 radical (unpaired) electrons.